The highest BCUT2D eigenvalue weighted by Gasteiger charge is 2.35. The fourth-order valence-corrected chi connectivity index (χ4v) is 1.77. The molecule has 0 radical (unpaired) electrons. The molecular formula is C14H12F3N7. The molecule has 7 nitrogen and oxygen atoms in total. The summed E-state index contributed by atoms with van der Waals surface area (Å²) in [6.07, 6.45) is -1.39. The molecule has 0 saturated heterocycles. The Morgan fingerprint density at radius 3 is 2.54 bits per heavy atom. The second-order valence-electron chi connectivity index (χ2n) is 4.45. The zero-order valence-electron chi connectivity index (χ0n) is 12.4. The van der Waals surface area contributed by atoms with Crippen LogP contribution in [-0.2, 0) is 6.18 Å². The quantitative estimate of drug-likeness (QED) is 0.785. The van der Waals surface area contributed by atoms with E-state index in [0.717, 1.165) is 0 Å². The van der Waals surface area contributed by atoms with Gasteiger partial charge in [-0.3, -0.25) is 4.98 Å². The second kappa shape index (κ2) is 6.82. The molecule has 0 aromatic carbocycles. The van der Waals surface area contributed by atoms with Crippen LogP contribution in [0.3, 0.4) is 0 Å². The normalized spacial score (nSPS) is 11.7. The predicted octanol–water partition coefficient (Wildman–Crippen LogP) is 2.17. The number of aromatic nitrogens is 3. The first-order valence-corrected chi connectivity index (χ1v) is 6.56. The molecule has 0 saturated carbocycles. The largest absolute Gasteiger partial charge is 0.421 e. The van der Waals surface area contributed by atoms with Gasteiger partial charge in [0.1, 0.15) is 17.5 Å². The molecule has 124 valence electrons. The highest BCUT2D eigenvalue weighted by molar-refractivity contribution is 5.72. The van der Waals surface area contributed by atoms with E-state index in [2.05, 4.69) is 25.6 Å². The van der Waals surface area contributed by atoms with Crippen molar-refractivity contribution < 1.29 is 13.2 Å². The smallest absolute Gasteiger partial charge is 0.403 e. The van der Waals surface area contributed by atoms with Crippen LogP contribution in [0.1, 0.15) is 16.8 Å². The zero-order valence-corrected chi connectivity index (χ0v) is 12.4. The van der Waals surface area contributed by atoms with Gasteiger partial charge in [0.15, 0.2) is 0 Å². The number of nitrogens with one attached hydrogen (secondary N) is 2. The first-order chi connectivity index (χ1) is 11.4. The van der Waals surface area contributed by atoms with Crippen LogP contribution < -0.4 is 16.4 Å². The molecule has 2 aromatic rings. The molecule has 24 heavy (non-hydrogen) atoms. The number of rotatable bonds is 4. The summed E-state index contributed by atoms with van der Waals surface area (Å²) in [5, 5.41) is 13.8. The van der Waals surface area contributed by atoms with E-state index in [9.17, 15) is 13.2 Å². The van der Waals surface area contributed by atoms with Gasteiger partial charge in [-0.2, -0.15) is 23.4 Å². The fourth-order valence-electron chi connectivity index (χ4n) is 1.77. The summed E-state index contributed by atoms with van der Waals surface area (Å²) >= 11 is 0. The molecule has 2 aromatic heterocycles. The van der Waals surface area contributed by atoms with Crippen LogP contribution >= 0.6 is 0 Å². The van der Waals surface area contributed by atoms with Crippen molar-refractivity contribution >= 4 is 17.5 Å². The second-order valence-corrected chi connectivity index (χ2v) is 4.45. The van der Waals surface area contributed by atoms with Gasteiger partial charge < -0.3 is 16.4 Å². The molecule has 0 fully saturated rings. The van der Waals surface area contributed by atoms with E-state index in [1.54, 1.807) is 0 Å². The SMILES string of the molecule is CNc1nc(N/C(=C/N)c2ccc(C#N)cn2)ncc1C(F)(F)F. The topological polar surface area (TPSA) is 113 Å². The van der Waals surface area contributed by atoms with Crippen LogP contribution in [-0.4, -0.2) is 22.0 Å². The first-order valence-electron chi connectivity index (χ1n) is 6.56. The van der Waals surface area contributed by atoms with Crippen LogP contribution in [0.25, 0.3) is 5.70 Å². The number of nitrogens with two attached hydrogens (primary N) is 1. The first kappa shape index (κ1) is 17.0. The molecule has 0 aliphatic heterocycles. The average molecular weight is 335 g/mol. The Labute approximate surface area is 135 Å². The summed E-state index contributed by atoms with van der Waals surface area (Å²) in [4.78, 5) is 11.4. The summed E-state index contributed by atoms with van der Waals surface area (Å²) in [6.45, 7) is 0. The number of hydrogen-bond acceptors (Lipinski definition) is 7. The Morgan fingerprint density at radius 1 is 1.29 bits per heavy atom. The molecule has 2 heterocycles. The monoisotopic (exact) mass is 335 g/mol. The Balaban J connectivity index is 2.30. The lowest BCUT2D eigenvalue weighted by molar-refractivity contribution is -0.137. The number of nitriles is 1. The van der Waals surface area contributed by atoms with Crippen molar-refractivity contribution in [3.63, 3.8) is 0 Å². The molecule has 0 atom stereocenters. The Hall–Kier alpha value is -3.35. The molecule has 0 aliphatic carbocycles. The van der Waals surface area contributed by atoms with Crippen LogP contribution in [0.4, 0.5) is 24.9 Å². The minimum absolute atomic E-state index is 0.0878. The van der Waals surface area contributed by atoms with Crippen molar-refractivity contribution in [2.24, 2.45) is 5.73 Å². The Bertz CT molecular complexity index is 791. The highest BCUT2D eigenvalue weighted by atomic mass is 19.4. The molecule has 0 spiro atoms. The van der Waals surface area contributed by atoms with Crippen molar-refractivity contribution in [2.45, 2.75) is 6.18 Å². The van der Waals surface area contributed by atoms with Crippen molar-refractivity contribution in [2.75, 3.05) is 17.7 Å². The zero-order chi connectivity index (χ0) is 17.7. The molecule has 0 aliphatic rings. The molecule has 2 rings (SSSR count). The highest BCUT2D eigenvalue weighted by Crippen LogP contribution is 2.33. The number of pyridine rings is 1. The van der Waals surface area contributed by atoms with E-state index in [0.29, 0.717) is 17.5 Å². The van der Waals surface area contributed by atoms with E-state index in [1.807, 2.05) is 6.07 Å². The predicted molar refractivity (Wildman–Crippen MR) is 81.3 cm³/mol. The third-order valence-electron chi connectivity index (χ3n) is 2.91. The third-order valence-corrected chi connectivity index (χ3v) is 2.91. The van der Waals surface area contributed by atoms with Crippen molar-refractivity contribution in [1.82, 2.24) is 15.0 Å². The van der Waals surface area contributed by atoms with Crippen molar-refractivity contribution in [3.05, 3.63) is 47.5 Å². The van der Waals surface area contributed by atoms with Crippen LogP contribution in [0.15, 0.2) is 30.7 Å². The van der Waals surface area contributed by atoms with Gasteiger partial charge in [-0.25, -0.2) is 4.98 Å². The summed E-state index contributed by atoms with van der Waals surface area (Å²) in [7, 11) is 1.32. The van der Waals surface area contributed by atoms with Gasteiger partial charge in [0, 0.05) is 25.6 Å². The average Bonchev–Trinajstić information content (AvgIpc) is 2.58. The van der Waals surface area contributed by atoms with E-state index in [1.165, 1.54) is 31.6 Å². The lowest BCUT2D eigenvalue weighted by atomic mass is 10.2. The van der Waals surface area contributed by atoms with Crippen molar-refractivity contribution in [1.29, 1.82) is 5.26 Å². The number of anilines is 2. The lowest BCUT2D eigenvalue weighted by Gasteiger charge is -2.13. The standard InChI is InChI=1S/C14H12F3N7/c1-20-12-9(14(15,16)17)7-22-13(24-12)23-11(5-19)10-3-2-8(4-18)6-21-10/h2-3,5-7H,19H2,1H3,(H2,20,22,23,24)/b11-5+. The van der Waals surface area contributed by atoms with Crippen LogP contribution in [0, 0.1) is 11.3 Å². The van der Waals surface area contributed by atoms with E-state index in [4.69, 9.17) is 11.0 Å². The van der Waals surface area contributed by atoms with Gasteiger partial charge in [-0.1, -0.05) is 0 Å². The van der Waals surface area contributed by atoms with E-state index in [-0.39, 0.29) is 17.5 Å². The van der Waals surface area contributed by atoms with Crippen LogP contribution in [0.2, 0.25) is 0 Å². The van der Waals surface area contributed by atoms with Crippen LogP contribution in [0.5, 0.6) is 0 Å². The molecular weight excluding hydrogens is 323 g/mol. The van der Waals surface area contributed by atoms with Gasteiger partial charge >= 0.3 is 6.18 Å². The van der Waals surface area contributed by atoms with E-state index < -0.39 is 11.7 Å². The number of halogens is 3. The Morgan fingerprint density at radius 2 is 2.04 bits per heavy atom. The van der Waals surface area contributed by atoms with Gasteiger partial charge in [-0.15, -0.1) is 0 Å². The minimum Gasteiger partial charge on any atom is -0.403 e. The number of alkyl halides is 3. The molecule has 4 N–H and O–H groups in total. The molecule has 10 heteroatoms. The summed E-state index contributed by atoms with van der Waals surface area (Å²) in [5.41, 5.74) is 5.55. The molecule has 0 bridgehead atoms. The minimum atomic E-state index is -4.57. The maximum atomic E-state index is 12.8. The van der Waals surface area contributed by atoms with Gasteiger partial charge in [0.25, 0.3) is 0 Å². The molecule has 0 unspecified atom stereocenters. The van der Waals surface area contributed by atoms with Gasteiger partial charge in [-0.05, 0) is 12.1 Å². The summed E-state index contributed by atoms with van der Waals surface area (Å²) < 4.78 is 38.5. The van der Waals surface area contributed by atoms with E-state index >= 15 is 0 Å². The fraction of sp³-hybridized carbons (Fsp3) is 0.143. The van der Waals surface area contributed by atoms with Gasteiger partial charge in [0.2, 0.25) is 5.95 Å². The Kier molecular flexibility index (Phi) is 4.84. The summed E-state index contributed by atoms with van der Waals surface area (Å²) in [5.74, 6) is -0.459. The maximum Gasteiger partial charge on any atom is 0.421 e. The van der Waals surface area contributed by atoms with Gasteiger partial charge in [0.05, 0.1) is 17.0 Å². The number of hydrogen-bond donors (Lipinski definition) is 3. The maximum absolute atomic E-state index is 12.8. The van der Waals surface area contributed by atoms with Crippen molar-refractivity contribution in [3.8, 4) is 6.07 Å². The third kappa shape index (κ3) is 3.70. The number of nitrogens with zero attached hydrogens (tertiary/aromatic N) is 4. The summed E-state index contributed by atoms with van der Waals surface area (Å²) in [6, 6.07) is 4.99. The molecule has 0 amide bonds. The lowest BCUT2D eigenvalue weighted by Crippen LogP contribution is -2.14.